The maximum Gasteiger partial charge on any atom is 0.243 e. The number of fused-ring (bicyclic) bond motifs is 1. The summed E-state index contributed by atoms with van der Waals surface area (Å²) >= 11 is 0. The van der Waals surface area contributed by atoms with Crippen molar-refractivity contribution in [2.75, 3.05) is 46.0 Å². The minimum atomic E-state index is -0.882. The number of hydrogen-bond donors (Lipinski definition) is 2. The molecule has 0 radical (unpaired) electrons. The van der Waals surface area contributed by atoms with Gasteiger partial charge >= 0.3 is 0 Å². The number of methoxy groups -OCH3 is 2. The van der Waals surface area contributed by atoms with Crippen molar-refractivity contribution in [2.24, 2.45) is 5.92 Å². The van der Waals surface area contributed by atoms with Gasteiger partial charge in [-0.1, -0.05) is 6.58 Å². The van der Waals surface area contributed by atoms with Crippen molar-refractivity contribution in [1.82, 2.24) is 20.3 Å². The molecule has 0 saturated carbocycles. The van der Waals surface area contributed by atoms with E-state index in [2.05, 4.69) is 22.2 Å². The van der Waals surface area contributed by atoms with Crippen molar-refractivity contribution in [3.63, 3.8) is 0 Å². The summed E-state index contributed by atoms with van der Waals surface area (Å²) < 4.78 is 52.2. The highest BCUT2D eigenvalue weighted by Gasteiger charge is 2.29. The van der Waals surface area contributed by atoms with E-state index in [0.29, 0.717) is 61.8 Å². The molecule has 12 heteroatoms. The second kappa shape index (κ2) is 12.1. The first-order valence-electron chi connectivity index (χ1n) is 13.0. The van der Waals surface area contributed by atoms with Crippen LogP contribution in [0, 0.1) is 17.6 Å². The van der Waals surface area contributed by atoms with Gasteiger partial charge in [-0.25, -0.2) is 18.7 Å². The summed E-state index contributed by atoms with van der Waals surface area (Å²) in [5.41, 5.74) is 0.827. The molecular formula is C28H31F2N5O5. The van der Waals surface area contributed by atoms with Gasteiger partial charge in [-0.2, -0.15) is 0 Å². The quantitative estimate of drug-likeness (QED) is 0.383. The standard InChI is InChI=1S/C28H31F2N5O5/c1-4-23(36)33-17-6-8-40-14-20(17)34-28-31-12-16-10-18(24-25(29)21(37-2)11-22(38-3)26(24)30)32-19(27(16)35-28)9-15-5-7-39-13-15/h4,10-12,15,17,20H,1,5-9,13-14H2,2-3H3,(H,33,36)(H,31,34,35)/t15?,17-,20+/m0/s1. The largest absolute Gasteiger partial charge is 0.494 e. The number of rotatable bonds is 9. The van der Waals surface area contributed by atoms with E-state index in [1.807, 2.05) is 0 Å². The molecule has 2 aliphatic heterocycles. The average Bonchev–Trinajstić information content (AvgIpc) is 3.47. The maximum atomic E-state index is 15.4. The second-order valence-electron chi connectivity index (χ2n) is 9.74. The topological polar surface area (TPSA) is 117 Å². The van der Waals surface area contributed by atoms with E-state index in [-0.39, 0.29) is 46.7 Å². The number of aromatic nitrogens is 3. The zero-order valence-corrected chi connectivity index (χ0v) is 22.3. The first kappa shape index (κ1) is 27.7. The number of nitrogens with one attached hydrogen (secondary N) is 2. The Hall–Kier alpha value is -3.90. The molecule has 4 heterocycles. The summed E-state index contributed by atoms with van der Waals surface area (Å²) in [6.45, 7) is 5.58. The fourth-order valence-corrected chi connectivity index (χ4v) is 5.03. The second-order valence-corrected chi connectivity index (χ2v) is 9.74. The van der Waals surface area contributed by atoms with E-state index in [9.17, 15) is 4.79 Å². The fourth-order valence-electron chi connectivity index (χ4n) is 5.03. The van der Waals surface area contributed by atoms with Gasteiger partial charge in [0.05, 0.1) is 55.4 Å². The normalized spacial score (nSPS) is 20.8. The van der Waals surface area contributed by atoms with Crippen LogP contribution < -0.4 is 20.1 Å². The summed E-state index contributed by atoms with van der Waals surface area (Å²) in [5.74, 6) is -1.87. The molecule has 2 fully saturated rings. The molecule has 1 amide bonds. The Labute approximate surface area is 230 Å². The highest BCUT2D eigenvalue weighted by atomic mass is 19.1. The lowest BCUT2D eigenvalue weighted by molar-refractivity contribution is -0.117. The van der Waals surface area contributed by atoms with Gasteiger partial charge in [0.15, 0.2) is 23.1 Å². The minimum absolute atomic E-state index is 0.0748. The number of halogens is 2. The van der Waals surface area contributed by atoms with Crippen molar-refractivity contribution in [1.29, 1.82) is 0 Å². The van der Waals surface area contributed by atoms with Crippen molar-refractivity contribution >= 4 is 22.8 Å². The molecule has 0 bridgehead atoms. The molecule has 3 atom stereocenters. The van der Waals surface area contributed by atoms with Crippen molar-refractivity contribution in [3.05, 3.63) is 48.3 Å². The van der Waals surface area contributed by atoms with Crippen LogP contribution in [0.15, 0.2) is 31.0 Å². The SMILES string of the molecule is C=CC(=O)N[C@H]1CCOC[C@H]1Nc1ncc2cc(-c3c(F)c(OC)cc(OC)c3F)nc(CC3CCOC3)c2n1. The Morgan fingerprint density at radius 2 is 1.80 bits per heavy atom. The predicted octanol–water partition coefficient (Wildman–Crippen LogP) is 3.44. The fraction of sp³-hybridized carbons (Fsp3) is 0.429. The zero-order chi connectivity index (χ0) is 28.2. The molecular weight excluding hydrogens is 524 g/mol. The number of pyridine rings is 1. The first-order chi connectivity index (χ1) is 19.4. The summed E-state index contributed by atoms with van der Waals surface area (Å²) in [4.78, 5) is 25.8. The molecule has 5 rings (SSSR count). The van der Waals surface area contributed by atoms with Crippen LogP contribution in [0.5, 0.6) is 11.5 Å². The predicted molar refractivity (Wildman–Crippen MR) is 143 cm³/mol. The average molecular weight is 556 g/mol. The molecule has 1 aromatic carbocycles. The van der Waals surface area contributed by atoms with Gasteiger partial charge in [-0.05, 0) is 37.3 Å². The Balaban J connectivity index is 1.56. The molecule has 1 unspecified atom stereocenters. The van der Waals surface area contributed by atoms with E-state index in [4.69, 9.17) is 28.9 Å². The van der Waals surface area contributed by atoms with Gasteiger partial charge in [0, 0.05) is 37.5 Å². The van der Waals surface area contributed by atoms with E-state index < -0.39 is 11.6 Å². The van der Waals surface area contributed by atoms with Crippen LogP contribution in [0.4, 0.5) is 14.7 Å². The third-order valence-corrected chi connectivity index (χ3v) is 7.16. The number of amides is 1. The van der Waals surface area contributed by atoms with E-state index >= 15 is 8.78 Å². The van der Waals surface area contributed by atoms with Gasteiger partial charge in [0.25, 0.3) is 0 Å². The number of benzene rings is 1. The van der Waals surface area contributed by atoms with Crippen molar-refractivity contribution < 1.29 is 32.5 Å². The Kier molecular flexibility index (Phi) is 8.36. The molecule has 212 valence electrons. The summed E-state index contributed by atoms with van der Waals surface area (Å²) in [5, 5.41) is 6.74. The van der Waals surface area contributed by atoms with Crippen LogP contribution in [0.25, 0.3) is 22.2 Å². The number of carbonyl (C=O) groups is 1. The molecule has 3 aromatic rings. The first-order valence-corrected chi connectivity index (χ1v) is 13.0. The van der Waals surface area contributed by atoms with Gasteiger partial charge in [-0.3, -0.25) is 9.78 Å². The highest BCUT2D eigenvalue weighted by molar-refractivity contribution is 5.87. The van der Waals surface area contributed by atoms with Crippen LogP contribution >= 0.6 is 0 Å². The summed E-state index contributed by atoms with van der Waals surface area (Å²) in [7, 11) is 2.60. The van der Waals surface area contributed by atoms with Crippen LogP contribution in [0.1, 0.15) is 18.5 Å². The van der Waals surface area contributed by atoms with Gasteiger partial charge in [0.1, 0.15) is 0 Å². The third kappa shape index (κ3) is 5.68. The van der Waals surface area contributed by atoms with E-state index in [1.165, 1.54) is 20.3 Å². The van der Waals surface area contributed by atoms with Gasteiger partial charge in [0.2, 0.25) is 11.9 Å². The van der Waals surface area contributed by atoms with Crippen molar-refractivity contribution in [2.45, 2.75) is 31.3 Å². The van der Waals surface area contributed by atoms with E-state index in [0.717, 1.165) is 12.5 Å². The number of carbonyl (C=O) groups excluding carboxylic acids is 1. The summed E-state index contributed by atoms with van der Waals surface area (Å²) in [6.07, 6.45) is 4.76. The molecule has 2 saturated heterocycles. The lowest BCUT2D eigenvalue weighted by Crippen LogP contribution is -2.52. The van der Waals surface area contributed by atoms with Gasteiger partial charge < -0.3 is 29.6 Å². The molecule has 40 heavy (non-hydrogen) atoms. The minimum Gasteiger partial charge on any atom is -0.494 e. The Morgan fingerprint density at radius 3 is 2.48 bits per heavy atom. The van der Waals surface area contributed by atoms with Crippen LogP contribution in [0.2, 0.25) is 0 Å². The highest BCUT2D eigenvalue weighted by Crippen LogP contribution is 2.38. The number of anilines is 1. The molecule has 0 aliphatic carbocycles. The van der Waals surface area contributed by atoms with Crippen LogP contribution in [-0.2, 0) is 20.7 Å². The molecule has 2 aliphatic rings. The molecule has 0 spiro atoms. The maximum absolute atomic E-state index is 15.4. The number of hydrogen-bond acceptors (Lipinski definition) is 9. The third-order valence-electron chi connectivity index (χ3n) is 7.16. The van der Waals surface area contributed by atoms with E-state index in [1.54, 1.807) is 12.3 Å². The zero-order valence-electron chi connectivity index (χ0n) is 22.3. The Bertz CT molecular complexity index is 1390. The van der Waals surface area contributed by atoms with Crippen LogP contribution in [-0.4, -0.2) is 73.6 Å². The molecule has 10 nitrogen and oxygen atoms in total. The van der Waals surface area contributed by atoms with Crippen LogP contribution in [0.3, 0.4) is 0 Å². The van der Waals surface area contributed by atoms with Crippen molar-refractivity contribution in [3.8, 4) is 22.8 Å². The lowest BCUT2D eigenvalue weighted by Gasteiger charge is -2.32. The smallest absolute Gasteiger partial charge is 0.243 e. The molecule has 2 N–H and O–H groups in total. The Morgan fingerprint density at radius 1 is 1.07 bits per heavy atom. The molecule has 2 aromatic heterocycles. The van der Waals surface area contributed by atoms with Gasteiger partial charge in [-0.15, -0.1) is 0 Å². The number of nitrogens with zero attached hydrogens (tertiary/aromatic N) is 3. The monoisotopic (exact) mass is 555 g/mol. The number of ether oxygens (including phenoxy) is 4. The summed E-state index contributed by atoms with van der Waals surface area (Å²) in [6, 6.07) is 2.22. The lowest BCUT2D eigenvalue weighted by atomic mass is 9.99.